The second-order valence-corrected chi connectivity index (χ2v) is 10.9. The highest BCUT2D eigenvalue weighted by Gasteiger charge is 2.36. The number of ether oxygens (including phenoxy) is 4. The summed E-state index contributed by atoms with van der Waals surface area (Å²) in [5, 5.41) is 13.3. The fourth-order valence-electron chi connectivity index (χ4n) is 5.62. The second kappa shape index (κ2) is 12.7. The first-order valence-electron chi connectivity index (χ1n) is 14.5. The molecule has 0 unspecified atom stereocenters. The van der Waals surface area contributed by atoms with Gasteiger partial charge in [-0.25, -0.2) is 0 Å². The summed E-state index contributed by atoms with van der Waals surface area (Å²) in [5.74, 6) is 0.895. The molecule has 0 radical (unpaired) electrons. The van der Waals surface area contributed by atoms with Gasteiger partial charge < -0.3 is 34.5 Å². The van der Waals surface area contributed by atoms with Gasteiger partial charge >= 0.3 is 0 Å². The third-order valence-electron chi connectivity index (χ3n) is 8.01. The first kappa shape index (κ1) is 28.5. The first-order chi connectivity index (χ1) is 21.0. The predicted molar refractivity (Wildman–Crippen MR) is 154 cm³/mol. The Morgan fingerprint density at radius 3 is 2.70 bits per heavy atom. The molecule has 1 aromatic heterocycles. The summed E-state index contributed by atoms with van der Waals surface area (Å²) < 4.78 is 23.2. The normalized spacial score (nSPS) is 21.0. The number of aryl methyl sites for hydroxylation is 1. The van der Waals surface area contributed by atoms with Crippen LogP contribution in [0.3, 0.4) is 0 Å². The van der Waals surface area contributed by atoms with Crippen molar-refractivity contribution < 1.29 is 33.3 Å². The van der Waals surface area contributed by atoms with E-state index < -0.39 is 12.1 Å². The molecular formula is C31H35N5O7. The van der Waals surface area contributed by atoms with Gasteiger partial charge in [0, 0.05) is 50.2 Å². The zero-order valence-electron chi connectivity index (χ0n) is 24.0. The fourth-order valence-corrected chi connectivity index (χ4v) is 5.62. The van der Waals surface area contributed by atoms with Crippen LogP contribution in [0.2, 0.25) is 0 Å². The Labute approximate surface area is 249 Å². The van der Waals surface area contributed by atoms with E-state index >= 15 is 0 Å². The number of likely N-dealkylation sites (tertiary alicyclic amines) is 1. The molecule has 9 rings (SSSR count). The molecule has 12 nitrogen and oxygen atoms in total. The molecule has 0 spiro atoms. The van der Waals surface area contributed by atoms with Crippen LogP contribution in [-0.2, 0) is 40.3 Å². The van der Waals surface area contributed by atoms with Gasteiger partial charge in [-0.05, 0) is 41.8 Å². The summed E-state index contributed by atoms with van der Waals surface area (Å²) in [6.45, 7) is 1.74. The summed E-state index contributed by atoms with van der Waals surface area (Å²) in [5.41, 5.74) is 3.93. The van der Waals surface area contributed by atoms with E-state index in [1.807, 2.05) is 36.4 Å². The molecule has 1 fully saturated rings. The number of hydrogen-bond acceptors (Lipinski definition) is 8. The van der Waals surface area contributed by atoms with E-state index in [1.165, 1.54) is 7.11 Å². The van der Waals surface area contributed by atoms with Crippen LogP contribution < -0.4 is 24.8 Å². The van der Waals surface area contributed by atoms with E-state index in [2.05, 4.69) is 20.8 Å². The summed E-state index contributed by atoms with van der Waals surface area (Å²) in [6.07, 6.45) is 1.64. The van der Waals surface area contributed by atoms with Crippen LogP contribution in [0.25, 0.3) is 0 Å². The van der Waals surface area contributed by atoms with Crippen molar-refractivity contribution in [2.24, 2.45) is 0 Å². The summed E-state index contributed by atoms with van der Waals surface area (Å²) in [7, 11) is 1.53. The third-order valence-corrected chi connectivity index (χ3v) is 8.01. The molecule has 3 amide bonds. The smallest absolute Gasteiger partial charge is 0.274 e. The van der Waals surface area contributed by atoms with Gasteiger partial charge in [-0.1, -0.05) is 18.2 Å². The molecule has 4 bridgehead atoms. The zero-order chi connectivity index (χ0) is 29.8. The molecule has 226 valence electrons. The maximum Gasteiger partial charge on any atom is 0.274 e. The SMILES string of the molecule is COc1cc2ccc1OCC(=O)N[C@@H]1CN(C(=O)c3n[nH]c4c3COCC4)CC[C@H]1Oc1ccc(cc1)CNC(=O)CC2. The maximum absolute atomic E-state index is 13.6. The Kier molecular flexibility index (Phi) is 8.45. The molecule has 3 N–H and O–H groups in total. The number of carbonyl (C=O) groups excluding carboxylic acids is 3. The van der Waals surface area contributed by atoms with Crippen molar-refractivity contribution in [1.82, 2.24) is 25.7 Å². The quantitative estimate of drug-likeness (QED) is 0.411. The number of nitrogens with zero attached hydrogens (tertiary/aromatic N) is 2. The Balaban J connectivity index is 1.23. The molecule has 0 aliphatic carbocycles. The first-order valence-corrected chi connectivity index (χ1v) is 14.5. The van der Waals surface area contributed by atoms with Crippen LogP contribution in [0, 0.1) is 0 Å². The average Bonchev–Trinajstić information content (AvgIpc) is 3.47. The average molecular weight is 590 g/mol. The van der Waals surface area contributed by atoms with Crippen molar-refractivity contribution in [2.75, 3.05) is 33.4 Å². The van der Waals surface area contributed by atoms with Crippen LogP contribution in [0.4, 0.5) is 0 Å². The van der Waals surface area contributed by atoms with E-state index in [-0.39, 0.29) is 30.9 Å². The lowest BCUT2D eigenvalue weighted by Crippen LogP contribution is -2.58. The Bertz CT molecular complexity index is 1490. The largest absolute Gasteiger partial charge is 0.493 e. The maximum atomic E-state index is 13.6. The molecular weight excluding hydrogens is 554 g/mol. The van der Waals surface area contributed by atoms with Crippen LogP contribution in [0.1, 0.15) is 45.7 Å². The lowest BCUT2D eigenvalue weighted by atomic mass is 10.00. The van der Waals surface area contributed by atoms with Gasteiger partial charge in [0.15, 0.2) is 23.8 Å². The number of hydrogen-bond donors (Lipinski definition) is 3. The van der Waals surface area contributed by atoms with E-state index in [9.17, 15) is 14.4 Å². The molecule has 0 saturated carbocycles. The van der Waals surface area contributed by atoms with Gasteiger partial charge in [0.2, 0.25) is 5.91 Å². The van der Waals surface area contributed by atoms with Gasteiger partial charge in [0.1, 0.15) is 11.9 Å². The molecule has 2 atom stereocenters. The Morgan fingerprint density at radius 1 is 1.02 bits per heavy atom. The van der Waals surface area contributed by atoms with Crippen LogP contribution in [0.15, 0.2) is 42.5 Å². The number of piperidine rings is 1. The minimum absolute atomic E-state index is 0.0577. The number of benzene rings is 2. The summed E-state index contributed by atoms with van der Waals surface area (Å²) in [6, 6.07) is 12.4. The number of nitrogens with one attached hydrogen (secondary N) is 3. The summed E-state index contributed by atoms with van der Waals surface area (Å²) >= 11 is 0. The standard InChI is InChI=1S/C31H35N5O7/c1-40-27-14-19-4-8-26(27)42-18-29(38)33-24-16-36(31(39)30-22-17-41-13-11-23(22)34-35-30)12-10-25(24)43-21-6-2-20(3-7-21)15-32-28(37)9-5-19/h2-4,6-8,14,24-25H,5,9-13,15-18H2,1H3,(H,32,37)(H,33,38)(H,34,35)/t24-,25-/m1/s1. The van der Waals surface area contributed by atoms with Crippen molar-refractivity contribution in [3.63, 3.8) is 0 Å². The topological polar surface area (TPSA) is 144 Å². The van der Waals surface area contributed by atoms with Gasteiger partial charge in [-0.15, -0.1) is 0 Å². The molecule has 6 aliphatic rings. The Morgan fingerprint density at radius 2 is 1.86 bits per heavy atom. The van der Waals surface area contributed by atoms with E-state index in [0.29, 0.717) is 74.9 Å². The number of fused-ring (bicyclic) bond motifs is 1. The molecule has 43 heavy (non-hydrogen) atoms. The van der Waals surface area contributed by atoms with Gasteiger partial charge in [-0.2, -0.15) is 5.10 Å². The van der Waals surface area contributed by atoms with Crippen molar-refractivity contribution in [2.45, 2.75) is 51.0 Å². The van der Waals surface area contributed by atoms with Crippen LogP contribution in [0.5, 0.6) is 17.2 Å². The van der Waals surface area contributed by atoms with Crippen molar-refractivity contribution in [1.29, 1.82) is 0 Å². The van der Waals surface area contributed by atoms with Gasteiger partial charge in [0.25, 0.3) is 11.8 Å². The summed E-state index contributed by atoms with van der Waals surface area (Å²) in [4.78, 5) is 40.9. The molecule has 3 aromatic rings. The van der Waals surface area contributed by atoms with E-state index in [0.717, 1.165) is 22.4 Å². The number of amides is 3. The number of H-pyrrole nitrogens is 1. The molecule has 12 heteroatoms. The lowest BCUT2D eigenvalue weighted by molar-refractivity contribution is -0.125. The fraction of sp³-hybridized carbons (Fsp3) is 0.419. The number of rotatable bonds is 2. The van der Waals surface area contributed by atoms with Crippen LogP contribution >= 0.6 is 0 Å². The number of aromatic amines is 1. The number of carbonyl (C=O) groups is 3. The lowest BCUT2D eigenvalue weighted by Gasteiger charge is -2.38. The highest BCUT2D eigenvalue weighted by Crippen LogP contribution is 2.29. The number of methoxy groups -OCH3 is 1. The zero-order valence-corrected chi connectivity index (χ0v) is 24.0. The van der Waals surface area contributed by atoms with E-state index in [4.69, 9.17) is 18.9 Å². The molecule has 1 saturated heterocycles. The Hall–Kier alpha value is -4.58. The molecule has 2 aromatic carbocycles. The molecule has 6 aliphatic heterocycles. The van der Waals surface area contributed by atoms with Crippen molar-refractivity contribution >= 4 is 17.7 Å². The molecule has 7 heterocycles. The van der Waals surface area contributed by atoms with Crippen molar-refractivity contribution in [3.8, 4) is 17.2 Å². The minimum atomic E-state index is -0.506. The van der Waals surface area contributed by atoms with Crippen molar-refractivity contribution in [3.05, 3.63) is 70.5 Å². The highest BCUT2D eigenvalue weighted by atomic mass is 16.5. The number of aromatic nitrogens is 2. The predicted octanol–water partition coefficient (Wildman–Crippen LogP) is 1.91. The second-order valence-electron chi connectivity index (χ2n) is 10.9. The van der Waals surface area contributed by atoms with Crippen LogP contribution in [-0.4, -0.2) is 78.4 Å². The van der Waals surface area contributed by atoms with Gasteiger partial charge in [0.05, 0.1) is 26.4 Å². The third kappa shape index (κ3) is 6.59. The van der Waals surface area contributed by atoms with E-state index in [1.54, 1.807) is 11.0 Å². The van der Waals surface area contributed by atoms with Gasteiger partial charge in [-0.3, -0.25) is 19.5 Å². The minimum Gasteiger partial charge on any atom is -0.493 e. The highest BCUT2D eigenvalue weighted by molar-refractivity contribution is 5.94. The monoisotopic (exact) mass is 589 g/mol.